The van der Waals surface area contributed by atoms with Gasteiger partial charge in [0.2, 0.25) is 0 Å². The minimum atomic E-state index is -0.509. The Labute approximate surface area is 169 Å². The molecule has 0 fully saturated rings. The standard InChI is InChI=1S/C22H13ClN2O4/c23-15-7-11(3-6-16(15)25)20-14-9-17-13(8-18(14)29-22(20)27)19(21(26)28-17)10-1-4-12(24)5-2-10/h1-9H,24-25H2. The quantitative estimate of drug-likeness (QED) is 0.383. The molecule has 0 atom stereocenters. The van der Waals surface area contributed by atoms with E-state index in [0.717, 1.165) is 0 Å². The first-order chi connectivity index (χ1) is 13.9. The Morgan fingerprint density at radius 1 is 0.690 bits per heavy atom. The van der Waals surface area contributed by atoms with Crippen LogP contribution in [0.4, 0.5) is 11.4 Å². The van der Waals surface area contributed by atoms with Crippen molar-refractivity contribution < 1.29 is 19.1 Å². The molecule has 142 valence electrons. The third kappa shape index (κ3) is 2.65. The van der Waals surface area contributed by atoms with Gasteiger partial charge in [0.25, 0.3) is 0 Å². The summed E-state index contributed by atoms with van der Waals surface area (Å²) in [5.74, 6) is -0.275. The average molecular weight is 405 g/mol. The maximum Gasteiger partial charge on any atom is 0.344 e. The van der Waals surface area contributed by atoms with Gasteiger partial charge in [0.15, 0.2) is 0 Å². The average Bonchev–Trinajstić information content (AvgIpc) is 3.17. The number of halogens is 1. The number of hydrogen-bond donors (Lipinski definition) is 2. The second-order valence-corrected chi connectivity index (χ2v) is 7.14. The van der Waals surface area contributed by atoms with E-state index in [1.165, 1.54) is 0 Å². The highest BCUT2D eigenvalue weighted by atomic mass is 35.5. The summed E-state index contributed by atoms with van der Waals surface area (Å²) < 4.78 is 10.9. The zero-order chi connectivity index (χ0) is 20.3. The molecular formula is C22H13ClN2O4. The van der Waals surface area contributed by atoms with Gasteiger partial charge in [-0.2, -0.15) is 0 Å². The Hall–Kier alpha value is -3.77. The maximum atomic E-state index is 12.5. The number of carbonyl (C=O) groups excluding carboxylic acids is 2. The van der Waals surface area contributed by atoms with E-state index in [2.05, 4.69) is 0 Å². The van der Waals surface area contributed by atoms with E-state index in [-0.39, 0.29) is 0 Å². The maximum absolute atomic E-state index is 12.5. The molecule has 2 heterocycles. The fourth-order valence-corrected chi connectivity index (χ4v) is 3.70. The van der Waals surface area contributed by atoms with Crippen LogP contribution in [0.2, 0.25) is 5.02 Å². The molecule has 5 rings (SSSR count). The number of nitrogens with two attached hydrogens (primary N) is 2. The molecule has 0 saturated carbocycles. The van der Waals surface area contributed by atoms with E-state index >= 15 is 0 Å². The second-order valence-electron chi connectivity index (χ2n) is 6.73. The molecule has 0 bridgehead atoms. The number of benzene rings is 3. The summed E-state index contributed by atoms with van der Waals surface area (Å²) in [6.45, 7) is 0. The number of rotatable bonds is 2. The van der Waals surface area contributed by atoms with Crippen molar-refractivity contribution in [1.29, 1.82) is 0 Å². The van der Waals surface area contributed by atoms with Gasteiger partial charge in [-0.15, -0.1) is 0 Å². The van der Waals surface area contributed by atoms with Crippen LogP contribution in [-0.2, 0) is 9.59 Å². The lowest BCUT2D eigenvalue weighted by atomic mass is 10.0. The topological polar surface area (TPSA) is 105 Å². The fourth-order valence-electron chi connectivity index (χ4n) is 3.52. The highest BCUT2D eigenvalue weighted by Crippen LogP contribution is 2.29. The van der Waals surface area contributed by atoms with Crippen molar-refractivity contribution in [1.82, 2.24) is 0 Å². The van der Waals surface area contributed by atoms with Crippen LogP contribution in [0.5, 0.6) is 11.5 Å². The molecule has 3 aromatic carbocycles. The first-order valence-electron chi connectivity index (χ1n) is 8.71. The largest absolute Gasteiger partial charge is 0.422 e. The highest BCUT2D eigenvalue weighted by Gasteiger charge is 2.30. The molecule has 0 aromatic heterocycles. The Balaban J connectivity index is 1.76. The normalized spacial score (nSPS) is 14.5. The number of esters is 2. The summed E-state index contributed by atoms with van der Waals surface area (Å²) in [6.07, 6.45) is 0. The molecule has 3 aromatic rings. The molecule has 2 aliphatic rings. The summed E-state index contributed by atoms with van der Waals surface area (Å²) in [7, 11) is 0. The summed E-state index contributed by atoms with van der Waals surface area (Å²) >= 11 is 6.11. The van der Waals surface area contributed by atoms with E-state index in [1.807, 2.05) is 0 Å². The van der Waals surface area contributed by atoms with Crippen LogP contribution in [0.25, 0.3) is 11.1 Å². The molecule has 7 heteroatoms. The van der Waals surface area contributed by atoms with E-state index < -0.39 is 11.9 Å². The van der Waals surface area contributed by atoms with Gasteiger partial charge in [-0.25, -0.2) is 9.59 Å². The summed E-state index contributed by atoms with van der Waals surface area (Å²) in [6, 6.07) is 15.1. The van der Waals surface area contributed by atoms with Crippen LogP contribution in [0.3, 0.4) is 0 Å². The van der Waals surface area contributed by atoms with Crippen LogP contribution in [0, 0.1) is 0 Å². The van der Waals surface area contributed by atoms with Crippen LogP contribution in [0.1, 0.15) is 11.1 Å². The number of hydrogen-bond acceptors (Lipinski definition) is 6. The van der Waals surface area contributed by atoms with Crippen molar-refractivity contribution >= 4 is 46.1 Å². The molecule has 0 amide bonds. The van der Waals surface area contributed by atoms with Crippen LogP contribution in [0.15, 0.2) is 54.6 Å². The summed E-state index contributed by atoms with van der Waals surface area (Å²) in [4.78, 5) is 25.1. The Morgan fingerprint density at radius 3 is 1.76 bits per heavy atom. The second kappa shape index (κ2) is 6.12. The lowest BCUT2D eigenvalue weighted by Gasteiger charge is -2.03. The van der Waals surface area contributed by atoms with Gasteiger partial charge in [-0.05, 0) is 47.5 Å². The Bertz CT molecular complexity index is 1360. The van der Waals surface area contributed by atoms with Gasteiger partial charge in [0, 0.05) is 16.1 Å². The third-order valence-corrected chi connectivity index (χ3v) is 5.25. The van der Waals surface area contributed by atoms with E-state index in [1.54, 1.807) is 54.6 Å². The molecular weight excluding hydrogens is 392 g/mol. The van der Waals surface area contributed by atoms with Crippen molar-refractivity contribution in [3.8, 4) is 11.5 Å². The zero-order valence-electron chi connectivity index (χ0n) is 14.9. The molecule has 0 unspecified atom stereocenters. The summed E-state index contributed by atoms with van der Waals surface area (Å²) in [5.41, 5.74) is 14.5. The number of fused-ring (bicyclic) bond motifs is 2. The van der Waals surface area contributed by atoms with E-state index in [4.69, 9.17) is 32.5 Å². The van der Waals surface area contributed by atoms with Gasteiger partial charge in [0.1, 0.15) is 11.5 Å². The van der Waals surface area contributed by atoms with E-state index in [9.17, 15) is 9.59 Å². The van der Waals surface area contributed by atoms with Crippen molar-refractivity contribution in [2.75, 3.05) is 11.5 Å². The van der Waals surface area contributed by atoms with Gasteiger partial charge in [0.05, 0.1) is 21.9 Å². The molecule has 2 aliphatic heterocycles. The van der Waals surface area contributed by atoms with Gasteiger partial charge in [-0.1, -0.05) is 29.8 Å². The molecule has 0 radical (unpaired) electrons. The molecule has 0 aliphatic carbocycles. The lowest BCUT2D eigenvalue weighted by molar-refractivity contribution is -0.128. The van der Waals surface area contributed by atoms with Gasteiger partial charge >= 0.3 is 11.9 Å². The molecule has 0 saturated heterocycles. The summed E-state index contributed by atoms with van der Waals surface area (Å²) in [5, 5.41) is 1.42. The molecule has 29 heavy (non-hydrogen) atoms. The number of carbonyl (C=O) groups is 2. The van der Waals surface area contributed by atoms with Gasteiger partial charge < -0.3 is 20.9 Å². The predicted octanol–water partition coefficient (Wildman–Crippen LogP) is 1.74. The fraction of sp³-hybridized carbons (Fsp3) is 0. The van der Waals surface area contributed by atoms with Crippen molar-refractivity contribution in [2.24, 2.45) is 0 Å². The molecule has 4 N–H and O–H groups in total. The van der Waals surface area contributed by atoms with Crippen LogP contribution >= 0.6 is 11.6 Å². The lowest BCUT2D eigenvalue weighted by Crippen LogP contribution is -2.11. The predicted molar refractivity (Wildman–Crippen MR) is 109 cm³/mol. The minimum absolute atomic E-state index is 0.335. The Kier molecular flexibility index (Phi) is 3.66. The van der Waals surface area contributed by atoms with E-state index in [0.29, 0.717) is 60.6 Å². The number of ether oxygens (including phenoxy) is 2. The third-order valence-electron chi connectivity index (χ3n) is 4.92. The SMILES string of the molecule is Nc1ccc(C2=c3cc4c(cc3OC2=O)=C(c2ccc(N)c(Cl)c2)C(=O)O4)cc1. The smallest absolute Gasteiger partial charge is 0.344 e. The highest BCUT2D eigenvalue weighted by molar-refractivity contribution is 6.33. The van der Waals surface area contributed by atoms with Crippen molar-refractivity contribution in [3.63, 3.8) is 0 Å². The van der Waals surface area contributed by atoms with Crippen molar-refractivity contribution in [2.45, 2.75) is 0 Å². The van der Waals surface area contributed by atoms with Crippen LogP contribution < -0.4 is 31.4 Å². The first-order valence-corrected chi connectivity index (χ1v) is 9.08. The molecule has 6 nitrogen and oxygen atoms in total. The number of anilines is 2. The zero-order valence-corrected chi connectivity index (χ0v) is 15.6. The number of nitrogen functional groups attached to an aromatic ring is 2. The van der Waals surface area contributed by atoms with Crippen LogP contribution in [-0.4, -0.2) is 11.9 Å². The Morgan fingerprint density at radius 2 is 1.21 bits per heavy atom. The van der Waals surface area contributed by atoms with Crippen molar-refractivity contribution in [3.05, 3.63) is 81.2 Å². The van der Waals surface area contributed by atoms with Gasteiger partial charge in [-0.3, -0.25) is 0 Å². The minimum Gasteiger partial charge on any atom is -0.422 e. The monoisotopic (exact) mass is 404 g/mol. The molecule has 0 spiro atoms. The first kappa shape index (κ1) is 17.3.